The number of nitrogens with zero attached hydrogens (tertiary/aromatic N) is 3. The summed E-state index contributed by atoms with van der Waals surface area (Å²) in [6.07, 6.45) is 24.3. The quantitative estimate of drug-likeness (QED) is 0.0670. The highest BCUT2D eigenvalue weighted by molar-refractivity contribution is 6.06. The summed E-state index contributed by atoms with van der Waals surface area (Å²) < 4.78 is 0. The zero-order valence-corrected chi connectivity index (χ0v) is 31.8. The molecule has 0 saturated heterocycles. The van der Waals surface area contributed by atoms with Crippen molar-refractivity contribution in [1.82, 2.24) is 15.0 Å². The van der Waals surface area contributed by atoms with Gasteiger partial charge in [0.15, 0.2) is 5.82 Å². The zero-order valence-electron chi connectivity index (χ0n) is 31.8. The fourth-order valence-electron chi connectivity index (χ4n) is 6.71. The van der Waals surface area contributed by atoms with Crippen molar-refractivity contribution in [2.45, 2.75) is 142 Å². The highest BCUT2D eigenvalue weighted by atomic mass is 16.2. The zero-order chi connectivity index (χ0) is 36.6. The molecule has 0 aliphatic rings. The summed E-state index contributed by atoms with van der Waals surface area (Å²) in [5.74, 6) is -0.00203. The number of benzene rings is 3. The van der Waals surface area contributed by atoms with Crippen molar-refractivity contribution in [3.05, 3.63) is 101 Å². The second-order valence-corrected chi connectivity index (χ2v) is 14.1. The maximum absolute atomic E-state index is 13.7. The number of hydrogen-bond acceptors (Lipinski definition) is 5. The molecule has 1 heterocycles. The molecule has 1 aromatic heterocycles. The molecule has 0 fully saturated rings. The van der Waals surface area contributed by atoms with E-state index in [1.54, 1.807) is 0 Å². The lowest BCUT2D eigenvalue weighted by Crippen LogP contribution is -2.20. The second-order valence-electron chi connectivity index (χ2n) is 14.1. The van der Waals surface area contributed by atoms with Gasteiger partial charge in [-0.2, -0.15) is 15.0 Å². The van der Waals surface area contributed by atoms with Gasteiger partial charge in [0.25, 0.3) is 11.8 Å². The van der Waals surface area contributed by atoms with Gasteiger partial charge in [-0.15, -0.1) is 0 Å². The third-order valence-electron chi connectivity index (χ3n) is 9.74. The summed E-state index contributed by atoms with van der Waals surface area (Å²) in [4.78, 5) is 41.0. The average Bonchev–Trinajstić information content (AvgIpc) is 3.17. The van der Waals surface area contributed by atoms with Crippen LogP contribution in [-0.2, 0) is 12.8 Å². The maximum atomic E-state index is 13.7. The SMILES string of the molecule is CCCCCCCCCCCc1ccccc1C(=O)Nc1nc(NC(=O)c2ccccc2CCCCCCCCCCC)nc(-c2ccccc2)n1. The van der Waals surface area contributed by atoms with E-state index in [0.717, 1.165) is 55.2 Å². The number of amides is 2. The number of aryl methyl sites for hydroxylation is 2. The van der Waals surface area contributed by atoms with Crippen LogP contribution in [0.25, 0.3) is 11.4 Å². The van der Waals surface area contributed by atoms with Gasteiger partial charge in [-0.3, -0.25) is 20.2 Å². The van der Waals surface area contributed by atoms with Gasteiger partial charge in [0.2, 0.25) is 11.9 Å². The Labute approximate surface area is 312 Å². The van der Waals surface area contributed by atoms with Crippen molar-refractivity contribution in [2.24, 2.45) is 0 Å². The van der Waals surface area contributed by atoms with Crippen LogP contribution in [0.1, 0.15) is 161 Å². The molecule has 52 heavy (non-hydrogen) atoms. The van der Waals surface area contributed by atoms with Crippen LogP contribution in [0.3, 0.4) is 0 Å². The largest absolute Gasteiger partial charge is 0.290 e. The van der Waals surface area contributed by atoms with Gasteiger partial charge in [-0.25, -0.2) is 0 Å². The third kappa shape index (κ3) is 14.3. The molecule has 0 unspecified atom stereocenters. The molecular formula is C45H61N5O2. The number of nitrogens with one attached hydrogen (secondary N) is 2. The molecule has 0 aliphatic carbocycles. The smallest absolute Gasteiger partial charge is 0.258 e. The molecule has 0 bridgehead atoms. The fraction of sp³-hybridized carbons (Fsp3) is 0.489. The summed E-state index contributed by atoms with van der Waals surface area (Å²) in [6.45, 7) is 4.50. The third-order valence-corrected chi connectivity index (χ3v) is 9.74. The van der Waals surface area contributed by atoms with Crippen LogP contribution in [-0.4, -0.2) is 26.8 Å². The van der Waals surface area contributed by atoms with Crippen LogP contribution in [0.5, 0.6) is 0 Å². The Kier molecular flexibility index (Phi) is 18.6. The Balaban J connectivity index is 1.39. The summed E-state index contributed by atoms with van der Waals surface area (Å²) in [5.41, 5.74) is 4.00. The van der Waals surface area contributed by atoms with E-state index in [2.05, 4.69) is 39.4 Å². The summed E-state index contributed by atoms with van der Waals surface area (Å²) in [7, 11) is 0. The van der Waals surface area contributed by atoms with Gasteiger partial charge in [-0.05, 0) is 48.9 Å². The van der Waals surface area contributed by atoms with Crippen molar-refractivity contribution in [3.8, 4) is 11.4 Å². The molecular weight excluding hydrogens is 643 g/mol. The number of carbonyl (C=O) groups is 2. The normalized spacial score (nSPS) is 11.0. The van der Waals surface area contributed by atoms with Gasteiger partial charge in [0.05, 0.1) is 0 Å². The number of unbranched alkanes of at least 4 members (excludes halogenated alkanes) is 16. The Bertz CT molecular complexity index is 1530. The maximum Gasteiger partial charge on any atom is 0.258 e. The molecule has 7 nitrogen and oxygen atoms in total. The van der Waals surface area contributed by atoms with Crippen LogP contribution < -0.4 is 10.6 Å². The predicted octanol–water partition coefficient (Wildman–Crippen LogP) is 12.2. The standard InChI is InChI=1S/C45H61N5O2/c1-3-5-7-9-11-13-15-17-20-28-36-30-24-26-34-39(36)42(51)48-44-46-41(38-32-22-19-23-33-38)47-45(50-44)49-43(52)40-35-27-25-31-37(40)29-21-18-16-14-12-10-8-6-4-2/h19,22-27,30-35H,3-18,20-21,28-29H2,1-2H3,(H2,46,47,48,49,50,51,52). The molecule has 2 amide bonds. The lowest BCUT2D eigenvalue weighted by Gasteiger charge is -2.13. The van der Waals surface area contributed by atoms with Gasteiger partial charge >= 0.3 is 0 Å². The van der Waals surface area contributed by atoms with Crippen LogP contribution in [0.4, 0.5) is 11.9 Å². The Morgan fingerprint density at radius 3 is 1.23 bits per heavy atom. The highest BCUT2D eigenvalue weighted by Crippen LogP contribution is 2.22. The molecule has 2 N–H and O–H groups in total. The summed E-state index contributed by atoms with van der Waals surface area (Å²) >= 11 is 0. The Morgan fingerprint density at radius 2 is 0.808 bits per heavy atom. The molecule has 0 radical (unpaired) electrons. The van der Waals surface area contributed by atoms with Gasteiger partial charge in [0.1, 0.15) is 0 Å². The molecule has 0 atom stereocenters. The number of hydrogen-bond donors (Lipinski definition) is 2. The van der Waals surface area contributed by atoms with E-state index in [1.807, 2.05) is 78.9 Å². The van der Waals surface area contributed by atoms with Crippen molar-refractivity contribution in [1.29, 1.82) is 0 Å². The molecule has 0 spiro atoms. The van der Waals surface area contributed by atoms with E-state index in [9.17, 15) is 9.59 Å². The minimum absolute atomic E-state index is 0.0926. The van der Waals surface area contributed by atoms with Crippen molar-refractivity contribution >= 4 is 23.7 Å². The highest BCUT2D eigenvalue weighted by Gasteiger charge is 2.18. The van der Waals surface area contributed by atoms with E-state index in [-0.39, 0.29) is 23.7 Å². The summed E-state index contributed by atoms with van der Waals surface area (Å²) in [6, 6.07) is 25.0. The molecule has 4 rings (SSSR count). The summed E-state index contributed by atoms with van der Waals surface area (Å²) in [5, 5.41) is 5.83. The number of rotatable bonds is 25. The van der Waals surface area contributed by atoms with Crippen LogP contribution >= 0.6 is 0 Å². The topological polar surface area (TPSA) is 96.9 Å². The van der Waals surface area contributed by atoms with Crippen LogP contribution in [0.2, 0.25) is 0 Å². The molecule has 4 aromatic rings. The van der Waals surface area contributed by atoms with Gasteiger partial charge in [-0.1, -0.05) is 183 Å². The molecule has 0 saturated carbocycles. The Morgan fingerprint density at radius 1 is 0.442 bits per heavy atom. The van der Waals surface area contributed by atoms with Gasteiger partial charge in [0, 0.05) is 16.7 Å². The molecule has 3 aromatic carbocycles. The lowest BCUT2D eigenvalue weighted by molar-refractivity contribution is 0.101. The minimum atomic E-state index is -0.277. The van der Waals surface area contributed by atoms with Crippen LogP contribution in [0, 0.1) is 0 Å². The molecule has 278 valence electrons. The number of aromatic nitrogens is 3. The second kappa shape index (κ2) is 24.0. The predicted molar refractivity (Wildman–Crippen MR) is 216 cm³/mol. The lowest BCUT2D eigenvalue weighted by atomic mass is 9.99. The monoisotopic (exact) mass is 703 g/mol. The number of carbonyl (C=O) groups excluding carboxylic acids is 2. The van der Waals surface area contributed by atoms with Crippen molar-refractivity contribution in [2.75, 3.05) is 10.6 Å². The van der Waals surface area contributed by atoms with Crippen molar-refractivity contribution < 1.29 is 9.59 Å². The van der Waals surface area contributed by atoms with Crippen LogP contribution in [0.15, 0.2) is 78.9 Å². The van der Waals surface area contributed by atoms with E-state index in [0.29, 0.717) is 17.0 Å². The van der Waals surface area contributed by atoms with E-state index in [4.69, 9.17) is 0 Å². The molecule has 7 heteroatoms. The first-order valence-corrected chi connectivity index (χ1v) is 20.2. The fourth-order valence-corrected chi connectivity index (χ4v) is 6.71. The number of anilines is 2. The van der Waals surface area contributed by atoms with Crippen molar-refractivity contribution in [3.63, 3.8) is 0 Å². The minimum Gasteiger partial charge on any atom is -0.290 e. The molecule has 0 aliphatic heterocycles. The van der Waals surface area contributed by atoms with E-state index >= 15 is 0 Å². The first kappa shape index (κ1) is 40.4. The Hall–Kier alpha value is -4.39. The van der Waals surface area contributed by atoms with Gasteiger partial charge < -0.3 is 0 Å². The average molecular weight is 704 g/mol. The van der Waals surface area contributed by atoms with E-state index in [1.165, 1.54) is 89.9 Å². The first-order valence-electron chi connectivity index (χ1n) is 20.2. The van der Waals surface area contributed by atoms with E-state index < -0.39 is 0 Å². The first-order chi connectivity index (χ1) is 25.6.